The van der Waals surface area contributed by atoms with Crippen LogP contribution in [0.2, 0.25) is 0 Å². The molecule has 1 amide bonds. The molecule has 0 spiro atoms. The lowest BCUT2D eigenvalue weighted by Gasteiger charge is -2.22. The van der Waals surface area contributed by atoms with Crippen molar-refractivity contribution in [2.75, 3.05) is 7.11 Å². The summed E-state index contributed by atoms with van der Waals surface area (Å²) in [4.78, 5) is 14.1. The third-order valence-corrected chi connectivity index (χ3v) is 3.28. The monoisotopic (exact) mass is 247 g/mol. The van der Waals surface area contributed by atoms with Gasteiger partial charge in [-0.25, -0.2) is 0 Å². The van der Waals surface area contributed by atoms with Crippen LogP contribution in [-0.4, -0.2) is 24.0 Å². The average Bonchev–Trinajstić information content (AvgIpc) is 3.21. The molecule has 0 aromatic heterocycles. The average molecular weight is 247 g/mol. The van der Waals surface area contributed by atoms with E-state index in [4.69, 9.17) is 4.74 Å². The third-order valence-electron chi connectivity index (χ3n) is 3.28. The first-order valence-corrected chi connectivity index (χ1v) is 6.67. The van der Waals surface area contributed by atoms with Gasteiger partial charge in [0.2, 0.25) is 5.91 Å². The molecule has 3 nitrogen and oxygen atoms in total. The van der Waals surface area contributed by atoms with Crippen molar-refractivity contribution < 1.29 is 9.53 Å². The fraction of sp³-hybridized carbons (Fsp3) is 0.533. The van der Waals surface area contributed by atoms with Crippen molar-refractivity contribution in [2.45, 2.75) is 45.2 Å². The lowest BCUT2D eigenvalue weighted by Crippen LogP contribution is -2.32. The first kappa shape index (κ1) is 12.9. The van der Waals surface area contributed by atoms with Gasteiger partial charge in [-0.3, -0.25) is 4.79 Å². The molecule has 1 aromatic carbocycles. The summed E-state index contributed by atoms with van der Waals surface area (Å²) in [6.45, 7) is 2.78. The largest absolute Gasteiger partial charge is 0.497 e. The normalized spacial score (nSPS) is 14.3. The van der Waals surface area contributed by atoms with Gasteiger partial charge in [-0.2, -0.15) is 0 Å². The van der Waals surface area contributed by atoms with E-state index in [1.54, 1.807) is 7.11 Å². The third kappa shape index (κ3) is 3.25. The van der Waals surface area contributed by atoms with Crippen LogP contribution in [0.25, 0.3) is 0 Å². The topological polar surface area (TPSA) is 29.5 Å². The lowest BCUT2D eigenvalue weighted by atomic mass is 10.2. The second kappa shape index (κ2) is 5.89. The summed E-state index contributed by atoms with van der Waals surface area (Å²) in [5.41, 5.74) is 1.17. The Hall–Kier alpha value is -1.51. The first-order valence-electron chi connectivity index (χ1n) is 6.67. The van der Waals surface area contributed by atoms with Gasteiger partial charge in [0.05, 0.1) is 7.11 Å². The summed E-state index contributed by atoms with van der Waals surface area (Å²) < 4.78 is 5.14. The van der Waals surface area contributed by atoms with Crippen LogP contribution in [0, 0.1) is 0 Å². The minimum Gasteiger partial charge on any atom is -0.497 e. The molecule has 18 heavy (non-hydrogen) atoms. The molecule has 0 N–H and O–H groups in total. The van der Waals surface area contributed by atoms with Crippen LogP contribution in [0.5, 0.6) is 5.75 Å². The number of carbonyl (C=O) groups is 1. The van der Waals surface area contributed by atoms with Gasteiger partial charge in [0, 0.05) is 19.0 Å². The zero-order valence-electron chi connectivity index (χ0n) is 11.2. The summed E-state index contributed by atoms with van der Waals surface area (Å²) >= 11 is 0. The molecule has 2 rings (SSSR count). The number of benzene rings is 1. The van der Waals surface area contributed by atoms with Crippen molar-refractivity contribution in [2.24, 2.45) is 0 Å². The van der Waals surface area contributed by atoms with E-state index in [1.165, 1.54) is 5.56 Å². The van der Waals surface area contributed by atoms with Crippen LogP contribution in [0.15, 0.2) is 24.3 Å². The van der Waals surface area contributed by atoms with Crippen LogP contribution >= 0.6 is 0 Å². The van der Waals surface area contributed by atoms with Gasteiger partial charge < -0.3 is 9.64 Å². The summed E-state index contributed by atoms with van der Waals surface area (Å²) in [7, 11) is 1.66. The molecule has 1 fully saturated rings. The molecular formula is C15H21NO2. The smallest absolute Gasteiger partial charge is 0.223 e. The highest BCUT2D eigenvalue weighted by molar-refractivity contribution is 5.76. The van der Waals surface area contributed by atoms with E-state index in [2.05, 4.69) is 6.92 Å². The van der Waals surface area contributed by atoms with E-state index in [-0.39, 0.29) is 5.91 Å². The van der Waals surface area contributed by atoms with E-state index in [0.29, 0.717) is 12.5 Å². The number of amides is 1. The molecule has 1 aliphatic carbocycles. The Labute approximate surface area is 109 Å². The predicted octanol–water partition coefficient (Wildman–Crippen LogP) is 2.99. The molecule has 0 unspecified atom stereocenters. The highest BCUT2D eigenvalue weighted by atomic mass is 16.5. The zero-order valence-corrected chi connectivity index (χ0v) is 11.2. The second-order valence-corrected chi connectivity index (χ2v) is 4.85. The Bertz CT molecular complexity index is 395. The number of nitrogens with zero attached hydrogens (tertiary/aromatic N) is 1. The number of rotatable bonds is 6. The van der Waals surface area contributed by atoms with Crippen LogP contribution in [0.1, 0.15) is 38.2 Å². The van der Waals surface area contributed by atoms with Gasteiger partial charge in [0.25, 0.3) is 0 Å². The molecule has 0 radical (unpaired) electrons. The van der Waals surface area contributed by atoms with E-state index in [0.717, 1.165) is 31.6 Å². The van der Waals surface area contributed by atoms with Crippen LogP contribution < -0.4 is 4.74 Å². The highest BCUT2D eigenvalue weighted by Gasteiger charge is 2.31. The Balaban J connectivity index is 2.01. The highest BCUT2D eigenvalue weighted by Crippen LogP contribution is 2.29. The number of methoxy groups -OCH3 is 1. The van der Waals surface area contributed by atoms with Crippen molar-refractivity contribution in [1.82, 2.24) is 4.90 Å². The van der Waals surface area contributed by atoms with Gasteiger partial charge in [-0.15, -0.1) is 0 Å². The minimum atomic E-state index is 0.288. The number of hydrogen-bond donors (Lipinski definition) is 0. The molecular weight excluding hydrogens is 226 g/mol. The number of carbonyl (C=O) groups excluding carboxylic acids is 1. The molecule has 98 valence electrons. The van der Waals surface area contributed by atoms with E-state index >= 15 is 0 Å². The summed E-state index contributed by atoms with van der Waals surface area (Å²) in [5, 5.41) is 0. The quantitative estimate of drug-likeness (QED) is 0.773. The van der Waals surface area contributed by atoms with Gasteiger partial charge in [0.15, 0.2) is 0 Å². The fourth-order valence-corrected chi connectivity index (χ4v) is 2.09. The van der Waals surface area contributed by atoms with Crippen molar-refractivity contribution in [1.29, 1.82) is 0 Å². The summed E-state index contributed by atoms with van der Waals surface area (Å²) in [6.07, 6.45) is 3.90. The maximum absolute atomic E-state index is 12.1. The van der Waals surface area contributed by atoms with Crippen molar-refractivity contribution in [3.05, 3.63) is 29.8 Å². The molecule has 1 aliphatic rings. The van der Waals surface area contributed by atoms with Crippen LogP contribution in [-0.2, 0) is 11.3 Å². The molecule has 0 heterocycles. The van der Waals surface area contributed by atoms with Crippen LogP contribution in [0.4, 0.5) is 0 Å². The standard InChI is InChI=1S/C15H21NO2/c1-3-4-15(17)16(13-7-8-13)11-12-5-9-14(18-2)10-6-12/h5-6,9-10,13H,3-4,7-8,11H2,1-2H3. The van der Waals surface area contributed by atoms with E-state index in [1.807, 2.05) is 29.2 Å². The van der Waals surface area contributed by atoms with Crippen molar-refractivity contribution in [3.8, 4) is 5.75 Å². The van der Waals surface area contributed by atoms with E-state index < -0.39 is 0 Å². The maximum Gasteiger partial charge on any atom is 0.223 e. The number of ether oxygens (including phenoxy) is 1. The molecule has 1 saturated carbocycles. The fourth-order valence-electron chi connectivity index (χ4n) is 2.09. The van der Waals surface area contributed by atoms with Gasteiger partial charge >= 0.3 is 0 Å². The Kier molecular flexibility index (Phi) is 4.24. The lowest BCUT2D eigenvalue weighted by molar-refractivity contribution is -0.132. The molecule has 0 aliphatic heterocycles. The Morgan fingerprint density at radius 1 is 1.33 bits per heavy atom. The summed E-state index contributed by atoms with van der Waals surface area (Å²) in [5.74, 6) is 1.15. The molecule has 1 aromatic rings. The molecule has 0 bridgehead atoms. The summed E-state index contributed by atoms with van der Waals surface area (Å²) in [6, 6.07) is 8.45. The Morgan fingerprint density at radius 3 is 2.50 bits per heavy atom. The molecule has 0 atom stereocenters. The van der Waals surface area contributed by atoms with Gasteiger partial charge in [-0.05, 0) is 37.0 Å². The number of hydrogen-bond acceptors (Lipinski definition) is 2. The molecule has 0 saturated heterocycles. The van der Waals surface area contributed by atoms with E-state index in [9.17, 15) is 4.79 Å². The minimum absolute atomic E-state index is 0.288. The second-order valence-electron chi connectivity index (χ2n) is 4.85. The predicted molar refractivity (Wildman–Crippen MR) is 71.5 cm³/mol. The molecule has 3 heteroatoms. The van der Waals surface area contributed by atoms with Gasteiger partial charge in [0.1, 0.15) is 5.75 Å². The SMILES string of the molecule is CCCC(=O)N(Cc1ccc(OC)cc1)C1CC1. The Morgan fingerprint density at radius 2 is 2.00 bits per heavy atom. The maximum atomic E-state index is 12.1. The van der Waals surface area contributed by atoms with Gasteiger partial charge in [-0.1, -0.05) is 19.1 Å². The van der Waals surface area contributed by atoms with Crippen molar-refractivity contribution >= 4 is 5.91 Å². The first-order chi connectivity index (χ1) is 8.74. The van der Waals surface area contributed by atoms with Crippen molar-refractivity contribution in [3.63, 3.8) is 0 Å². The van der Waals surface area contributed by atoms with Crippen LogP contribution in [0.3, 0.4) is 0 Å². The zero-order chi connectivity index (χ0) is 13.0.